The van der Waals surface area contributed by atoms with Gasteiger partial charge in [-0.1, -0.05) is 28.0 Å². The minimum absolute atomic E-state index is 0.314. The van der Waals surface area contributed by atoms with Gasteiger partial charge in [0, 0.05) is 6.07 Å². The Hall–Kier alpha value is -0.310. The standard InChI is InChI=1S/C7H10BrNO/c1-3-6(8)7-4-5(2)9-10-7/h4,6H,3H2,1-2H3. The number of hydrogen-bond donors (Lipinski definition) is 0. The molecule has 0 aromatic carbocycles. The lowest BCUT2D eigenvalue weighted by Crippen LogP contribution is -1.81. The number of aryl methyl sites for hydroxylation is 1. The fraction of sp³-hybridized carbons (Fsp3) is 0.571. The van der Waals surface area contributed by atoms with Crippen molar-refractivity contribution in [2.75, 3.05) is 0 Å². The molecule has 0 amide bonds. The first-order chi connectivity index (χ1) is 4.74. The Bertz CT molecular complexity index is 209. The maximum Gasteiger partial charge on any atom is 0.150 e. The average molecular weight is 204 g/mol. The van der Waals surface area contributed by atoms with E-state index < -0.39 is 0 Å². The zero-order chi connectivity index (χ0) is 7.56. The van der Waals surface area contributed by atoms with Gasteiger partial charge in [0.15, 0.2) is 5.76 Å². The fourth-order valence-corrected chi connectivity index (χ4v) is 0.948. The van der Waals surface area contributed by atoms with Gasteiger partial charge < -0.3 is 4.52 Å². The molecule has 1 unspecified atom stereocenters. The highest BCUT2D eigenvalue weighted by molar-refractivity contribution is 9.09. The third kappa shape index (κ3) is 1.59. The Balaban J connectivity index is 2.74. The second kappa shape index (κ2) is 3.19. The Morgan fingerprint density at radius 3 is 2.90 bits per heavy atom. The first-order valence-electron chi connectivity index (χ1n) is 3.31. The molecule has 0 aliphatic carbocycles. The minimum atomic E-state index is 0.314. The molecule has 0 N–H and O–H groups in total. The van der Waals surface area contributed by atoms with Crippen LogP contribution in [0.3, 0.4) is 0 Å². The van der Waals surface area contributed by atoms with Gasteiger partial charge in [-0.15, -0.1) is 0 Å². The molecule has 1 aromatic rings. The molecular formula is C7H10BrNO. The van der Waals surface area contributed by atoms with Gasteiger partial charge in [-0.2, -0.15) is 0 Å². The van der Waals surface area contributed by atoms with Crippen LogP contribution in [-0.4, -0.2) is 5.16 Å². The van der Waals surface area contributed by atoms with Crippen LogP contribution in [0.1, 0.15) is 29.6 Å². The number of halogens is 1. The van der Waals surface area contributed by atoms with Crippen LogP contribution in [0.15, 0.2) is 10.6 Å². The van der Waals surface area contributed by atoms with E-state index in [0.717, 1.165) is 17.9 Å². The lowest BCUT2D eigenvalue weighted by molar-refractivity contribution is 0.378. The summed E-state index contributed by atoms with van der Waals surface area (Å²) in [5.74, 6) is 0.917. The summed E-state index contributed by atoms with van der Waals surface area (Å²) >= 11 is 3.46. The van der Waals surface area contributed by atoms with Crippen molar-refractivity contribution >= 4 is 15.9 Å². The minimum Gasteiger partial charge on any atom is -0.360 e. The zero-order valence-corrected chi connectivity index (χ0v) is 7.68. The lowest BCUT2D eigenvalue weighted by Gasteiger charge is -1.97. The third-order valence-electron chi connectivity index (χ3n) is 1.31. The van der Waals surface area contributed by atoms with Crippen LogP contribution in [0, 0.1) is 6.92 Å². The number of alkyl halides is 1. The summed E-state index contributed by atoms with van der Waals surface area (Å²) in [6, 6.07) is 1.95. The van der Waals surface area contributed by atoms with Gasteiger partial charge in [-0.25, -0.2) is 0 Å². The summed E-state index contributed by atoms with van der Waals surface area (Å²) in [6.45, 7) is 4.01. The quantitative estimate of drug-likeness (QED) is 0.692. The Labute approximate surface area is 68.7 Å². The summed E-state index contributed by atoms with van der Waals surface area (Å²) in [4.78, 5) is 0.314. The molecule has 3 heteroatoms. The second-order valence-corrected chi connectivity index (χ2v) is 3.35. The molecule has 1 rings (SSSR count). The van der Waals surface area contributed by atoms with Crippen molar-refractivity contribution in [2.45, 2.75) is 25.1 Å². The largest absolute Gasteiger partial charge is 0.360 e. The molecular weight excluding hydrogens is 194 g/mol. The van der Waals surface area contributed by atoms with E-state index in [1.165, 1.54) is 0 Å². The summed E-state index contributed by atoms with van der Waals surface area (Å²) in [5, 5.41) is 3.78. The Kier molecular flexibility index (Phi) is 2.49. The van der Waals surface area contributed by atoms with E-state index in [0.29, 0.717) is 4.83 Å². The number of nitrogens with zero attached hydrogens (tertiary/aromatic N) is 1. The molecule has 0 saturated carbocycles. The van der Waals surface area contributed by atoms with Crippen molar-refractivity contribution in [3.63, 3.8) is 0 Å². The summed E-state index contributed by atoms with van der Waals surface area (Å²) in [5.41, 5.74) is 0.938. The Morgan fingerprint density at radius 1 is 1.80 bits per heavy atom. The van der Waals surface area contributed by atoms with Crippen molar-refractivity contribution in [3.8, 4) is 0 Å². The fourth-order valence-electron chi connectivity index (χ4n) is 0.732. The molecule has 1 atom stereocenters. The van der Waals surface area contributed by atoms with Crippen molar-refractivity contribution < 1.29 is 4.52 Å². The summed E-state index contributed by atoms with van der Waals surface area (Å²) in [6.07, 6.45) is 1.02. The Morgan fingerprint density at radius 2 is 2.50 bits per heavy atom. The lowest BCUT2D eigenvalue weighted by atomic mass is 10.2. The van der Waals surface area contributed by atoms with Gasteiger partial charge in [-0.05, 0) is 13.3 Å². The average Bonchev–Trinajstić information content (AvgIpc) is 2.34. The number of aromatic nitrogens is 1. The van der Waals surface area contributed by atoms with Crippen LogP contribution in [0.5, 0.6) is 0 Å². The topological polar surface area (TPSA) is 26.0 Å². The van der Waals surface area contributed by atoms with E-state index in [4.69, 9.17) is 4.52 Å². The van der Waals surface area contributed by atoms with Gasteiger partial charge in [-0.3, -0.25) is 0 Å². The highest BCUT2D eigenvalue weighted by Crippen LogP contribution is 2.25. The van der Waals surface area contributed by atoms with Crippen molar-refractivity contribution in [1.82, 2.24) is 5.16 Å². The van der Waals surface area contributed by atoms with Gasteiger partial charge in [0.2, 0.25) is 0 Å². The number of rotatable bonds is 2. The first-order valence-corrected chi connectivity index (χ1v) is 4.23. The van der Waals surface area contributed by atoms with Crippen LogP contribution in [-0.2, 0) is 0 Å². The molecule has 10 heavy (non-hydrogen) atoms. The van der Waals surface area contributed by atoms with Crippen LogP contribution in [0.2, 0.25) is 0 Å². The molecule has 0 aliphatic rings. The van der Waals surface area contributed by atoms with E-state index >= 15 is 0 Å². The van der Waals surface area contributed by atoms with Gasteiger partial charge in [0.1, 0.15) is 0 Å². The third-order valence-corrected chi connectivity index (χ3v) is 2.41. The molecule has 2 nitrogen and oxygen atoms in total. The predicted octanol–water partition coefficient (Wildman–Crippen LogP) is 2.83. The van der Waals surface area contributed by atoms with E-state index in [-0.39, 0.29) is 0 Å². The molecule has 0 radical (unpaired) electrons. The van der Waals surface area contributed by atoms with Gasteiger partial charge >= 0.3 is 0 Å². The van der Waals surface area contributed by atoms with E-state index in [1.807, 2.05) is 13.0 Å². The predicted molar refractivity (Wildman–Crippen MR) is 43.2 cm³/mol. The SMILES string of the molecule is CCC(Br)c1cc(C)no1. The maximum atomic E-state index is 5.02. The number of hydrogen-bond acceptors (Lipinski definition) is 2. The van der Waals surface area contributed by atoms with Gasteiger partial charge in [0.25, 0.3) is 0 Å². The smallest absolute Gasteiger partial charge is 0.150 e. The monoisotopic (exact) mass is 203 g/mol. The highest BCUT2D eigenvalue weighted by atomic mass is 79.9. The van der Waals surface area contributed by atoms with Crippen molar-refractivity contribution in [2.24, 2.45) is 0 Å². The summed E-state index contributed by atoms with van der Waals surface area (Å²) in [7, 11) is 0. The molecule has 0 aliphatic heterocycles. The van der Waals surface area contributed by atoms with Gasteiger partial charge in [0.05, 0.1) is 10.5 Å². The van der Waals surface area contributed by atoms with E-state index in [2.05, 4.69) is 28.0 Å². The molecule has 56 valence electrons. The van der Waals surface area contributed by atoms with Crippen LogP contribution >= 0.6 is 15.9 Å². The maximum absolute atomic E-state index is 5.02. The first kappa shape index (κ1) is 7.79. The second-order valence-electron chi connectivity index (χ2n) is 2.25. The molecule has 0 saturated heterocycles. The summed E-state index contributed by atoms with van der Waals surface area (Å²) < 4.78 is 5.02. The van der Waals surface area contributed by atoms with E-state index in [9.17, 15) is 0 Å². The van der Waals surface area contributed by atoms with Crippen molar-refractivity contribution in [1.29, 1.82) is 0 Å². The van der Waals surface area contributed by atoms with Crippen LogP contribution < -0.4 is 0 Å². The van der Waals surface area contributed by atoms with E-state index in [1.54, 1.807) is 0 Å². The highest BCUT2D eigenvalue weighted by Gasteiger charge is 2.09. The molecule has 0 fully saturated rings. The normalized spacial score (nSPS) is 13.5. The molecule has 1 heterocycles. The molecule has 0 spiro atoms. The molecule has 1 aromatic heterocycles. The van der Waals surface area contributed by atoms with Crippen molar-refractivity contribution in [3.05, 3.63) is 17.5 Å². The van der Waals surface area contributed by atoms with Crippen LogP contribution in [0.25, 0.3) is 0 Å². The molecule has 0 bridgehead atoms. The zero-order valence-electron chi connectivity index (χ0n) is 6.10. The van der Waals surface area contributed by atoms with Crippen LogP contribution in [0.4, 0.5) is 0 Å².